The van der Waals surface area contributed by atoms with Crippen LogP contribution in [0.1, 0.15) is 66.7 Å². The van der Waals surface area contributed by atoms with Crippen LogP contribution in [0, 0.1) is 6.92 Å². The number of amides is 1. The second kappa shape index (κ2) is 8.51. The van der Waals surface area contributed by atoms with E-state index < -0.39 is 5.97 Å². The van der Waals surface area contributed by atoms with E-state index in [0.29, 0.717) is 5.56 Å². The number of nitrogens with one attached hydrogen (secondary N) is 1. The molecule has 0 spiro atoms. The molecule has 1 aliphatic carbocycles. The van der Waals surface area contributed by atoms with Crippen molar-refractivity contribution in [3.8, 4) is 0 Å². The van der Waals surface area contributed by atoms with E-state index in [1.807, 2.05) is 32.0 Å². The van der Waals surface area contributed by atoms with E-state index in [4.69, 9.17) is 9.72 Å². The number of esters is 1. The van der Waals surface area contributed by atoms with Crippen LogP contribution in [0.3, 0.4) is 0 Å². The van der Waals surface area contributed by atoms with Crippen molar-refractivity contribution in [1.29, 1.82) is 0 Å². The standard InChI is InChI=1S/C22H28N2O3/c1-4-7-15(3)23-20(25)13-27-22(26)21-16-8-5-6-9-18(16)24-19-11-10-14(2)12-17(19)21/h10-12,15H,4-9,13H2,1-3H3,(H,23,25)/t15-/m0/s1. The molecule has 0 saturated heterocycles. The van der Waals surface area contributed by atoms with Crippen LogP contribution >= 0.6 is 0 Å². The number of ether oxygens (including phenoxy) is 1. The molecule has 5 heteroatoms. The Morgan fingerprint density at radius 2 is 2.04 bits per heavy atom. The van der Waals surface area contributed by atoms with Gasteiger partial charge in [0, 0.05) is 17.1 Å². The minimum absolute atomic E-state index is 0.0818. The Balaban J connectivity index is 1.85. The first-order valence-corrected chi connectivity index (χ1v) is 9.88. The van der Waals surface area contributed by atoms with Crippen LogP contribution in [0.15, 0.2) is 18.2 Å². The summed E-state index contributed by atoms with van der Waals surface area (Å²) in [5.41, 5.74) is 4.46. The predicted octanol–water partition coefficient (Wildman–Crippen LogP) is 3.88. The zero-order valence-electron chi connectivity index (χ0n) is 16.4. The lowest BCUT2D eigenvalue weighted by molar-refractivity contribution is -0.124. The van der Waals surface area contributed by atoms with Crippen LogP contribution in [0.4, 0.5) is 0 Å². The number of hydrogen-bond donors (Lipinski definition) is 1. The van der Waals surface area contributed by atoms with E-state index in [-0.39, 0.29) is 18.6 Å². The monoisotopic (exact) mass is 368 g/mol. The Morgan fingerprint density at radius 1 is 1.26 bits per heavy atom. The molecule has 0 saturated carbocycles. The highest BCUT2D eigenvalue weighted by atomic mass is 16.5. The minimum Gasteiger partial charge on any atom is -0.452 e. The number of hydrogen-bond acceptors (Lipinski definition) is 4. The van der Waals surface area contributed by atoms with Crippen LogP contribution in [0.25, 0.3) is 10.9 Å². The van der Waals surface area contributed by atoms with Crippen LogP contribution in [-0.2, 0) is 22.4 Å². The summed E-state index contributed by atoms with van der Waals surface area (Å²) in [6.45, 7) is 5.77. The van der Waals surface area contributed by atoms with Gasteiger partial charge in [0.25, 0.3) is 5.91 Å². The predicted molar refractivity (Wildman–Crippen MR) is 106 cm³/mol. The molecular formula is C22H28N2O3. The number of aromatic nitrogens is 1. The lowest BCUT2D eigenvalue weighted by Gasteiger charge is -2.20. The highest BCUT2D eigenvalue weighted by Crippen LogP contribution is 2.30. The van der Waals surface area contributed by atoms with Crippen molar-refractivity contribution in [2.45, 2.75) is 65.3 Å². The van der Waals surface area contributed by atoms with Gasteiger partial charge in [0.15, 0.2) is 6.61 Å². The average Bonchev–Trinajstić information content (AvgIpc) is 2.64. The molecule has 0 unspecified atom stereocenters. The molecule has 0 fully saturated rings. The van der Waals surface area contributed by atoms with Crippen LogP contribution < -0.4 is 5.32 Å². The fourth-order valence-corrected chi connectivity index (χ4v) is 3.80. The first kappa shape index (κ1) is 19.3. The Morgan fingerprint density at radius 3 is 2.81 bits per heavy atom. The van der Waals surface area contributed by atoms with Gasteiger partial charge in [-0.15, -0.1) is 0 Å². The summed E-state index contributed by atoms with van der Waals surface area (Å²) in [5, 5.41) is 3.69. The van der Waals surface area contributed by atoms with Crippen molar-refractivity contribution >= 4 is 22.8 Å². The van der Waals surface area contributed by atoms with Crippen molar-refractivity contribution < 1.29 is 14.3 Å². The Labute approximate surface area is 160 Å². The molecular weight excluding hydrogens is 340 g/mol. The van der Waals surface area contributed by atoms with Crippen molar-refractivity contribution in [1.82, 2.24) is 10.3 Å². The number of benzene rings is 1. The average molecular weight is 368 g/mol. The highest BCUT2D eigenvalue weighted by Gasteiger charge is 2.24. The third-order valence-corrected chi connectivity index (χ3v) is 5.08. The summed E-state index contributed by atoms with van der Waals surface area (Å²) in [7, 11) is 0. The van der Waals surface area contributed by atoms with E-state index in [0.717, 1.165) is 66.2 Å². The zero-order chi connectivity index (χ0) is 19.4. The Kier molecular flexibility index (Phi) is 6.09. The van der Waals surface area contributed by atoms with E-state index in [2.05, 4.69) is 12.2 Å². The molecule has 27 heavy (non-hydrogen) atoms. The first-order valence-electron chi connectivity index (χ1n) is 9.88. The van der Waals surface area contributed by atoms with Gasteiger partial charge in [0.05, 0.1) is 11.1 Å². The third-order valence-electron chi connectivity index (χ3n) is 5.08. The molecule has 1 N–H and O–H groups in total. The highest BCUT2D eigenvalue weighted by molar-refractivity contribution is 6.05. The Hall–Kier alpha value is -2.43. The number of carbonyl (C=O) groups is 2. The van der Waals surface area contributed by atoms with Gasteiger partial charge in [-0.05, 0) is 63.6 Å². The summed E-state index contributed by atoms with van der Waals surface area (Å²) in [6, 6.07) is 6.02. The van der Waals surface area contributed by atoms with Crippen molar-refractivity contribution in [3.63, 3.8) is 0 Å². The van der Waals surface area contributed by atoms with Crippen LogP contribution in [-0.4, -0.2) is 29.5 Å². The largest absolute Gasteiger partial charge is 0.452 e. The third kappa shape index (κ3) is 4.46. The zero-order valence-corrected chi connectivity index (χ0v) is 16.4. The van der Waals surface area contributed by atoms with E-state index in [1.54, 1.807) is 0 Å². The fraction of sp³-hybridized carbons (Fsp3) is 0.500. The molecule has 5 nitrogen and oxygen atoms in total. The molecule has 1 aromatic carbocycles. The second-order valence-electron chi connectivity index (χ2n) is 7.47. The normalized spacial score (nSPS) is 14.5. The molecule has 0 radical (unpaired) electrons. The van der Waals surface area contributed by atoms with Crippen molar-refractivity contribution in [2.75, 3.05) is 6.61 Å². The van der Waals surface area contributed by atoms with Crippen LogP contribution in [0.5, 0.6) is 0 Å². The molecule has 1 aromatic heterocycles. The van der Waals surface area contributed by atoms with Gasteiger partial charge < -0.3 is 10.1 Å². The number of fused-ring (bicyclic) bond motifs is 2. The van der Waals surface area contributed by atoms with Gasteiger partial charge in [-0.1, -0.05) is 25.0 Å². The second-order valence-corrected chi connectivity index (χ2v) is 7.47. The van der Waals surface area contributed by atoms with Gasteiger partial charge in [-0.25, -0.2) is 4.79 Å². The molecule has 1 heterocycles. The summed E-state index contributed by atoms with van der Waals surface area (Å²) >= 11 is 0. The molecule has 0 bridgehead atoms. The van der Waals surface area contributed by atoms with Crippen molar-refractivity contribution in [3.05, 3.63) is 40.6 Å². The fourth-order valence-electron chi connectivity index (χ4n) is 3.80. The van der Waals surface area contributed by atoms with Gasteiger partial charge in [-0.2, -0.15) is 0 Å². The van der Waals surface area contributed by atoms with Gasteiger partial charge >= 0.3 is 5.97 Å². The lowest BCUT2D eigenvalue weighted by Crippen LogP contribution is -2.35. The number of rotatable bonds is 6. The molecule has 1 aliphatic rings. The maximum absolute atomic E-state index is 12.9. The minimum atomic E-state index is -0.426. The van der Waals surface area contributed by atoms with E-state index >= 15 is 0 Å². The maximum atomic E-state index is 12.9. The summed E-state index contributed by atoms with van der Waals surface area (Å²) in [4.78, 5) is 29.8. The van der Waals surface area contributed by atoms with Gasteiger partial charge in [-0.3, -0.25) is 9.78 Å². The first-order chi connectivity index (χ1) is 13.0. The molecule has 2 aromatic rings. The molecule has 1 atom stereocenters. The van der Waals surface area contributed by atoms with E-state index in [1.165, 1.54) is 0 Å². The van der Waals surface area contributed by atoms with Crippen molar-refractivity contribution in [2.24, 2.45) is 0 Å². The van der Waals surface area contributed by atoms with Crippen LogP contribution in [0.2, 0.25) is 0 Å². The van der Waals surface area contributed by atoms with E-state index in [9.17, 15) is 9.59 Å². The lowest BCUT2D eigenvalue weighted by atomic mass is 9.89. The molecule has 144 valence electrons. The summed E-state index contributed by atoms with van der Waals surface area (Å²) in [6.07, 6.45) is 5.74. The molecule has 3 rings (SSSR count). The molecule has 0 aliphatic heterocycles. The Bertz CT molecular complexity index is 860. The SMILES string of the molecule is CCC[C@H](C)NC(=O)COC(=O)c1c2c(nc3ccc(C)cc13)CCCC2. The summed E-state index contributed by atoms with van der Waals surface area (Å²) < 4.78 is 5.40. The topological polar surface area (TPSA) is 68.3 Å². The number of carbonyl (C=O) groups excluding carboxylic acids is 2. The number of aryl methyl sites for hydroxylation is 2. The van der Waals surface area contributed by atoms with Gasteiger partial charge in [0.1, 0.15) is 0 Å². The summed E-state index contributed by atoms with van der Waals surface area (Å²) in [5.74, 6) is -0.683. The quantitative estimate of drug-likeness (QED) is 0.786. The maximum Gasteiger partial charge on any atom is 0.339 e. The number of pyridine rings is 1. The number of nitrogens with zero attached hydrogens (tertiary/aromatic N) is 1. The smallest absolute Gasteiger partial charge is 0.339 e. The molecule has 1 amide bonds. The van der Waals surface area contributed by atoms with Gasteiger partial charge in [0.2, 0.25) is 0 Å².